The summed E-state index contributed by atoms with van der Waals surface area (Å²) in [4.78, 5) is 37.5. The quantitative estimate of drug-likeness (QED) is 0.0276. The Kier molecular flexibility index (Phi) is 38.1. The van der Waals surface area contributed by atoms with E-state index in [1.54, 1.807) is 0 Å². The molecule has 0 aliphatic rings. The molecule has 0 spiro atoms. The second kappa shape index (κ2) is 40.1. The first-order chi connectivity index (χ1) is 25.0. The van der Waals surface area contributed by atoms with Crippen molar-refractivity contribution in [3.05, 3.63) is 48.6 Å². The number of hydrogen-bond acceptors (Lipinski definition) is 6. The average Bonchev–Trinajstić information content (AvgIpc) is 3.12. The molecule has 0 aromatic rings. The molecule has 1 unspecified atom stereocenters. The van der Waals surface area contributed by atoms with Crippen LogP contribution in [0, 0.1) is 0 Å². The zero-order valence-electron chi connectivity index (χ0n) is 33.4. The van der Waals surface area contributed by atoms with Crippen molar-refractivity contribution in [1.82, 2.24) is 0 Å². The molecule has 0 amide bonds. The summed E-state index contributed by atoms with van der Waals surface area (Å²) in [5, 5.41) is 0. The monoisotopic (exact) mass is 715 g/mol. The van der Waals surface area contributed by atoms with Crippen LogP contribution in [0.2, 0.25) is 0 Å². The van der Waals surface area contributed by atoms with Crippen molar-refractivity contribution in [2.45, 2.75) is 207 Å². The molecule has 0 aromatic heterocycles. The third kappa shape index (κ3) is 38.4. The van der Waals surface area contributed by atoms with Crippen molar-refractivity contribution in [2.24, 2.45) is 0 Å². The van der Waals surface area contributed by atoms with Gasteiger partial charge in [0.2, 0.25) is 0 Å². The highest BCUT2D eigenvalue weighted by Gasteiger charge is 2.19. The van der Waals surface area contributed by atoms with Gasteiger partial charge in [-0.1, -0.05) is 159 Å². The summed E-state index contributed by atoms with van der Waals surface area (Å²) in [6.45, 7) is 6.39. The van der Waals surface area contributed by atoms with Crippen LogP contribution in [0.3, 0.4) is 0 Å². The summed E-state index contributed by atoms with van der Waals surface area (Å²) in [5.74, 6) is -0.920. The molecule has 0 rings (SSSR count). The number of unbranched alkanes of at least 4 members (excludes halogenated alkanes) is 18. The van der Waals surface area contributed by atoms with Gasteiger partial charge in [0.1, 0.15) is 13.2 Å². The van der Waals surface area contributed by atoms with E-state index in [1.165, 1.54) is 44.9 Å². The molecule has 0 aliphatic heterocycles. The van der Waals surface area contributed by atoms with Crippen LogP contribution in [0.5, 0.6) is 0 Å². The zero-order chi connectivity index (χ0) is 37.3. The molecule has 0 radical (unpaired) electrons. The maximum absolute atomic E-state index is 12.6. The topological polar surface area (TPSA) is 78.9 Å². The van der Waals surface area contributed by atoms with Gasteiger partial charge in [0.25, 0.3) is 0 Å². The Morgan fingerprint density at radius 1 is 0.412 bits per heavy atom. The number of esters is 3. The second-order valence-corrected chi connectivity index (χ2v) is 13.9. The van der Waals surface area contributed by atoms with E-state index in [1.807, 2.05) is 0 Å². The van der Waals surface area contributed by atoms with E-state index in [0.717, 1.165) is 116 Å². The molecule has 51 heavy (non-hydrogen) atoms. The smallest absolute Gasteiger partial charge is 0.306 e. The molecular weight excluding hydrogens is 636 g/mol. The highest BCUT2D eigenvalue weighted by Crippen LogP contribution is 2.13. The molecule has 0 heterocycles. The highest BCUT2D eigenvalue weighted by molar-refractivity contribution is 5.71. The molecule has 0 aromatic carbocycles. The van der Waals surface area contributed by atoms with Crippen LogP contribution in [0.1, 0.15) is 201 Å². The molecule has 0 bridgehead atoms. The SMILES string of the molecule is CC/C=C\C/C=C\C/C=C\CCCCCCCC(=O)OCC(COC(=O)CCCCCCCCCC)OC(=O)CCCCCCC/C=C\CCC. The molecule has 294 valence electrons. The molecule has 0 saturated carbocycles. The summed E-state index contributed by atoms with van der Waals surface area (Å²) in [6, 6.07) is 0. The van der Waals surface area contributed by atoms with Crippen molar-refractivity contribution in [1.29, 1.82) is 0 Å². The van der Waals surface area contributed by atoms with E-state index in [4.69, 9.17) is 14.2 Å². The number of carbonyl (C=O) groups excluding carboxylic acids is 3. The molecule has 0 fully saturated rings. The van der Waals surface area contributed by atoms with E-state index in [-0.39, 0.29) is 31.1 Å². The van der Waals surface area contributed by atoms with Crippen LogP contribution < -0.4 is 0 Å². The standard InChI is InChI=1S/C45H78O6/c1-4-7-10-13-16-19-21-22-23-24-25-27-29-32-35-38-44(47)50-41-42(40-49-43(46)37-34-31-28-18-15-12-9-6-3)51-45(48)39-36-33-30-26-20-17-14-11-8-5-2/h7,10-11,14,16,19,22-23,42H,4-6,8-9,12-13,15,17-18,20-21,24-41H2,1-3H3/b10-7-,14-11-,19-16-,23-22-. The van der Waals surface area contributed by atoms with Crippen molar-refractivity contribution in [3.63, 3.8) is 0 Å². The number of hydrogen-bond donors (Lipinski definition) is 0. The lowest BCUT2D eigenvalue weighted by Crippen LogP contribution is -2.30. The number of allylic oxidation sites excluding steroid dienone is 8. The zero-order valence-corrected chi connectivity index (χ0v) is 33.4. The van der Waals surface area contributed by atoms with Gasteiger partial charge in [-0.15, -0.1) is 0 Å². The minimum Gasteiger partial charge on any atom is -0.462 e. The van der Waals surface area contributed by atoms with Crippen molar-refractivity contribution in [3.8, 4) is 0 Å². The van der Waals surface area contributed by atoms with Crippen LogP contribution in [0.4, 0.5) is 0 Å². The lowest BCUT2D eigenvalue weighted by atomic mass is 10.1. The third-order valence-electron chi connectivity index (χ3n) is 8.80. The molecule has 0 saturated heterocycles. The predicted molar refractivity (Wildman–Crippen MR) is 215 cm³/mol. The fraction of sp³-hybridized carbons (Fsp3) is 0.756. The van der Waals surface area contributed by atoms with Gasteiger partial charge in [0, 0.05) is 19.3 Å². The first-order valence-electron chi connectivity index (χ1n) is 21.1. The predicted octanol–water partition coefficient (Wildman–Crippen LogP) is 13.2. The van der Waals surface area contributed by atoms with Gasteiger partial charge in [-0.2, -0.15) is 0 Å². The summed E-state index contributed by atoms with van der Waals surface area (Å²) in [7, 11) is 0. The Morgan fingerprint density at radius 3 is 1.29 bits per heavy atom. The maximum Gasteiger partial charge on any atom is 0.306 e. The van der Waals surface area contributed by atoms with Crippen molar-refractivity contribution < 1.29 is 28.6 Å². The van der Waals surface area contributed by atoms with Gasteiger partial charge in [-0.05, 0) is 70.6 Å². The molecular formula is C45H78O6. The van der Waals surface area contributed by atoms with Gasteiger partial charge in [-0.25, -0.2) is 0 Å². The molecule has 6 heteroatoms. The van der Waals surface area contributed by atoms with E-state index < -0.39 is 6.10 Å². The van der Waals surface area contributed by atoms with E-state index in [2.05, 4.69) is 69.4 Å². The Labute approximate surface area is 314 Å². The van der Waals surface area contributed by atoms with Crippen LogP contribution in [-0.2, 0) is 28.6 Å². The fourth-order valence-corrected chi connectivity index (χ4v) is 5.63. The lowest BCUT2D eigenvalue weighted by Gasteiger charge is -2.18. The van der Waals surface area contributed by atoms with Gasteiger partial charge >= 0.3 is 17.9 Å². The fourth-order valence-electron chi connectivity index (χ4n) is 5.63. The Morgan fingerprint density at radius 2 is 0.804 bits per heavy atom. The van der Waals surface area contributed by atoms with Gasteiger partial charge < -0.3 is 14.2 Å². The minimum atomic E-state index is -0.777. The minimum absolute atomic E-state index is 0.0819. The largest absolute Gasteiger partial charge is 0.462 e. The number of carbonyl (C=O) groups is 3. The van der Waals surface area contributed by atoms with E-state index >= 15 is 0 Å². The lowest BCUT2D eigenvalue weighted by molar-refractivity contribution is -0.167. The molecule has 1 atom stereocenters. The Bertz CT molecular complexity index is 918. The summed E-state index contributed by atoms with van der Waals surface area (Å²) in [6.07, 6.45) is 45.3. The Balaban J connectivity index is 4.37. The van der Waals surface area contributed by atoms with Gasteiger partial charge in [0.15, 0.2) is 6.10 Å². The van der Waals surface area contributed by atoms with Crippen LogP contribution in [-0.4, -0.2) is 37.2 Å². The van der Waals surface area contributed by atoms with E-state index in [0.29, 0.717) is 19.3 Å². The van der Waals surface area contributed by atoms with Gasteiger partial charge in [-0.3, -0.25) is 14.4 Å². The maximum atomic E-state index is 12.6. The van der Waals surface area contributed by atoms with Crippen LogP contribution in [0.25, 0.3) is 0 Å². The van der Waals surface area contributed by atoms with Crippen LogP contribution in [0.15, 0.2) is 48.6 Å². The first kappa shape index (κ1) is 48.4. The summed E-state index contributed by atoms with van der Waals surface area (Å²) in [5.41, 5.74) is 0. The average molecular weight is 715 g/mol. The third-order valence-corrected chi connectivity index (χ3v) is 8.80. The van der Waals surface area contributed by atoms with E-state index in [9.17, 15) is 14.4 Å². The summed E-state index contributed by atoms with van der Waals surface area (Å²) < 4.78 is 16.6. The normalized spacial score (nSPS) is 12.5. The molecule has 0 aliphatic carbocycles. The number of ether oxygens (including phenoxy) is 3. The second-order valence-electron chi connectivity index (χ2n) is 13.9. The molecule has 0 N–H and O–H groups in total. The number of rotatable bonds is 37. The highest BCUT2D eigenvalue weighted by atomic mass is 16.6. The van der Waals surface area contributed by atoms with Crippen LogP contribution >= 0.6 is 0 Å². The Hall–Kier alpha value is -2.63. The van der Waals surface area contributed by atoms with Crippen molar-refractivity contribution >= 4 is 17.9 Å². The van der Waals surface area contributed by atoms with Crippen molar-refractivity contribution in [2.75, 3.05) is 13.2 Å². The molecule has 6 nitrogen and oxygen atoms in total. The summed E-state index contributed by atoms with van der Waals surface area (Å²) >= 11 is 0. The first-order valence-corrected chi connectivity index (χ1v) is 21.1. The van der Waals surface area contributed by atoms with Gasteiger partial charge in [0.05, 0.1) is 0 Å².